The van der Waals surface area contributed by atoms with Crippen LogP contribution in [-0.2, 0) is 5.54 Å². The summed E-state index contributed by atoms with van der Waals surface area (Å²) in [4.78, 5) is 0. The van der Waals surface area contributed by atoms with Crippen LogP contribution in [0.3, 0.4) is 0 Å². The Labute approximate surface area is 105 Å². The Hall–Kier alpha value is -0.820. The lowest BCUT2D eigenvalue weighted by molar-refractivity contribution is 0.150. The van der Waals surface area contributed by atoms with Crippen LogP contribution in [0, 0.1) is 19.3 Å². The summed E-state index contributed by atoms with van der Waals surface area (Å²) in [5, 5.41) is 0. The molecule has 0 saturated heterocycles. The van der Waals surface area contributed by atoms with Gasteiger partial charge in [0, 0.05) is 5.54 Å². The van der Waals surface area contributed by atoms with Gasteiger partial charge in [-0.25, -0.2) is 0 Å². The van der Waals surface area contributed by atoms with Crippen molar-refractivity contribution in [2.45, 2.75) is 58.9 Å². The molecule has 1 heteroatoms. The van der Waals surface area contributed by atoms with E-state index in [0.717, 1.165) is 12.8 Å². The molecule has 1 aliphatic carbocycles. The average Bonchev–Trinajstić information content (AvgIpc) is 2.19. The van der Waals surface area contributed by atoms with Crippen molar-refractivity contribution in [2.75, 3.05) is 0 Å². The van der Waals surface area contributed by atoms with E-state index in [0.29, 0.717) is 5.41 Å². The van der Waals surface area contributed by atoms with Gasteiger partial charge in [-0.15, -0.1) is 0 Å². The Bertz CT molecular complexity index is 420. The van der Waals surface area contributed by atoms with Gasteiger partial charge in [0.1, 0.15) is 0 Å². The van der Waals surface area contributed by atoms with E-state index in [9.17, 15) is 0 Å². The number of hydrogen-bond acceptors (Lipinski definition) is 1. The van der Waals surface area contributed by atoms with Crippen LogP contribution in [0.15, 0.2) is 18.2 Å². The van der Waals surface area contributed by atoms with Crippen LogP contribution in [0.1, 0.15) is 56.2 Å². The summed E-state index contributed by atoms with van der Waals surface area (Å²) >= 11 is 0. The van der Waals surface area contributed by atoms with Crippen molar-refractivity contribution >= 4 is 0 Å². The van der Waals surface area contributed by atoms with Gasteiger partial charge in [0.05, 0.1) is 0 Å². The third-order valence-corrected chi connectivity index (χ3v) is 4.20. The monoisotopic (exact) mass is 231 g/mol. The summed E-state index contributed by atoms with van der Waals surface area (Å²) in [7, 11) is 0. The van der Waals surface area contributed by atoms with E-state index in [4.69, 9.17) is 5.73 Å². The first-order valence-electron chi connectivity index (χ1n) is 6.69. The minimum absolute atomic E-state index is 0.113. The Kier molecular flexibility index (Phi) is 3.07. The summed E-state index contributed by atoms with van der Waals surface area (Å²) in [6.45, 7) is 9.03. The highest BCUT2D eigenvalue weighted by molar-refractivity contribution is 5.36. The van der Waals surface area contributed by atoms with Gasteiger partial charge >= 0.3 is 0 Å². The van der Waals surface area contributed by atoms with Crippen molar-refractivity contribution < 1.29 is 0 Å². The SMILES string of the molecule is Cc1ccc(C)c(C2(N)CCCC(C)(C)C2)c1. The molecule has 0 spiro atoms. The normalized spacial score (nSPS) is 28.1. The highest BCUT2D eigenvalue weighted by atomic mass is 14.8. The zero-order chi connectivity index (χ0) is 12.7. The maximum Gasteiger partial charge on any atom is 0.0417 e. The molecule has 94 valence electrons. The molecule has 2 rings (SSSR count). The van der Waals surface area contributed by atoms with Crippen molar-refractivity contribution in [3.05, 3.63) is 34.9 Å². The number of nitrogens with two attached hydrogens (primary N) is 1. The molecular weight excluding hydrogens is 206 g/mol. The summed E-state index contributed by atoms with van der Waals surface area (Å²) in [6.07, 6.45) is 4.78. The molecule has 0 bridgehead atoms. The molecular formula is C16H25N. The quantitative estimate of drug-likeness (QED) is 0.775. The molecule has 0 aromatic heterocycles. The molecule has 2 N–H and O–H groups in total. The van der Waals surface area contributed by atoms with Gasteiger partial charge in [0.2, 0.25) is 0 Å². The Morgan fingerprint density at radius 1 is 1.12 bits per heavy atom. The van der Waals surface area contributed by atoms with E-state index in [-0.39, 0.29) is 5.54 Å². The van der Waals surface area contributed by atoms with Crippen LogP contribution >= 0.6 is 0 Å². The van der Waals surface area contributed by atoms with Crippen LogP contribution in [0.5, 0.6) is 0 Å². The van der Waals surface area contributed by atoms with E-state index in [2.05, 4.69) is 45.9 Å². The Balaban J connectivity index is 2.40. The summed E-state index contributed by atoms with van der Waals surface area (Å²) < 4.78 is 0. The summed E-state index contributed by atoms with van der Waals surface area (Å²) in [6, 6.07) is 6.67. The second-order valence-corrected chi connectivity index (χ2v) is 6.67. The number of rotatable bonds is 1. The van der Waals surface area contributed by atoms with E-state index >= 15 is 0 Å². The van der Waals surface area contributed by atoms with Gasteiger partial charge in [-0.2, -0.15) is 0 Å². The number of hydrogen-bond donors (Lipinski definition) is 1. The van der Waals surface area contributed by atoms with Crippen molar-refractivity contribution in [2.24, 2.45) is 11.1 Å². The van der Waals surface area contributed by atoms with E-state index in [1.54, 1.807) is 0 Å². The van der Waals surface area contributed by atoms with Crippen molar-refractivity contribution in [1.82, 2.24) is 0 Å². The molecule has 0 radical (unpaired) electrons. The minimum Gasteiger partial charge on any atom is -0.321 e. The summed E-state index contributed by atoms with van der Waals surface area (Å²) in [5.74, 6) is 0. The lowest BCUT2D eigenvalue weighted by Gasteiger charge is -2.43. The fraction of sp³-hybridized carbons (Fsp3) is 0.625. The maximum atomic E-state index is 6.73. The minimum atomic E-state index is -0.113. The van der Waals surface area contributed by atoms with Gasteiger partial charge in [0.25, 0.3) is 0 Å². The topological polar surface area (TPSA) is 26.0 Å². The van der Waals surface area contributed by atoms with Crippen molar-refractivity contribution in [1.29, 1.82) is 0 Å². The molecule has 17 heavy (non-hydrogen) atoms. The van der Waals surface area contributed by atoms with Crippen molar-refractivity contribution in [3.8, 4) is 0 Å². The van der Waals surface area contributed by atoms with Gasteiger partial charge in [0.15, 0.2) is 0 Å². The third-order valence-electron chi connectivity index (χ3n) is 4.20. The first-order chi connectivity index (χ1) is 7.82. The third kappa shape index (κ3) is 2.55. The second kappa shape index (κ2) is 4.13. The van der Waals surface area contributed by atoms with Gasteiger partial charge in [-0.3, -0.25) is 0 Å². The molecule has 1 saturated carbocycles. The fourth-order valence-corrected chi connectivity index (χ4v) is 3.42. The van der Waals surface area contributed by atoms with Gasteiger partial charge in [-0.1, -0.05) is 44.0 Å². The Morgan fingerprint density at radius 3 is 2.47 bits per heavy atom. The molecule has 0 amide bonds. The predicted octanol–water partition coefficient (Wildman–Crippen LogP) is 4.06. The predicted molar refractivity (Wildman–Crippen MR) is 74.0 cm³/mol. The number of aryl methyl sites for hydroxylation is 2. The average molecular weight is 231 g/mol. The lowest BCUT2D eigenvalue weighted by atomic mass is 9.65. The molecule has 0 aliphatic heterocycles. The lowest BCUT2D eigenvalue weighted by Crippen LogP contribution is -2.44. The summed E-state index contributed by atoms with van der Waals surface area (Å²) in [5.41, 5.74) is 11.0. The van der Waals surface area contributed by atoms with E-state index in [1.807, 2.05) is 0 Å². The second-order valence-electron chi connectivity index (χ2n) is 6.67. The molecule has 1 atom stereocenters. The molecule has 1 unspecified atom stereocenters. The highest BCUT2D eigenvalue weighted by Gasteiger charge is 2.38. The standard InChI is InChI=1S/C16H25N/c1-12-6-7-13(2)14(10-12)16(17)9-5-8-15(3,4)11-16/h6-7,10H,5,8-9,11,17H2,1-4H3. The molecule has 1 nitrogen and oxygen atoms in total. The van der Waals surface area contributed by atoms with Crippen LogP contribution < -0.4 is 5.73 Å². The van der Waals surface area contributed by atoms with E-state index in [1.165, 1.54) is 29.5 Å². The smallest absolute Gasteiger partial charge is 0.0417 e. The Morgan fingerprint density at radius 2 is 1.82 bits per heavy atom. The molecule has 1 fully saturated rings. The van der Waals surface area contributed by atoms with Gasteiger partial charge in [-0.05, 0) is 49.7 Å². The highest BCUT2D eigenvalue weighted by Crippen LogP contribution is 2.45. The molecule has 1 aromatic carbocycles. The molecule has 1 aromatic rings. The van der Waals surface area contributed by atoms with Crippen LogP contribution in [0.4, 0.5) is 0 Å². The zero-order valence-electron chi connectivity index (χ0n) is 11.6. The molecule has 1 aliphatic rings. The largest absolute Gasteiger partial charge is 0.321 e. The zero-order valence-corrected chi connectivity index (χ0v) is 11.6. The molecule has 0 heterocycles. The maximum absolute atomic E-state index is 6.73. The first kappa shape index (κ1) is 12.6. The van der Waals surface area contributed by atoms with Crippen LogP contribution in [0.2, 0.25) is 0 Å². The van der Waals surface area contributed by atoms with E-state index < -0.39 is 0 Å². The fourth-order valence-electron chi connectivity index (χ4n) is 3.42. The number of benzene rings is 1. The van der Waals surface area contributed by atoms with Gasteiger partial charge < -0.3 is 5.73 Å². The van der Waals surface area contributed by atoms with Crippen molar-refractivity contribution in [3.63, 3.8) is 0 Å². The van der Waals surface area contributed by atoms with Crippen LogP contribution in [-0.4, -0.2) is 0 Å². The van der Waals surface area contributed by atoms with Crippen LogP contribution in [0.25, 0.3) is 0 Å². The first-order valence-corrected chi connectivity index (χ1v) is 6.69.